The van der Waals surface area contributed by atoms with E-state index in [2.05, 4.69) is 15.3 Å². The molecule has 0 bridgehead atoms. The summed E-state index contributed by atoms with van der Waals surface area (Å²) in [6.45, 7) is 1.78. The number of aromatic amines is 1. The molecule has 1 aliphatic heterocycles. The van der Waals surface area contributed by atoms with E-state index in [9.17, 15) is 4.79 Å². The molecule has 0 saturated heterocycles. The fraction of sp³-hybridized carbons (Fsp3) is 0.500. The van der Waals surface area contributed by atoms with Crippen LogP contribution in [0.1, 0.15) is 11.3 Å². The highest BCUT2D eigenvalue weighted by Crippen LogP contribution is 2.13. The van der Waals surface area contributed by atoms with Crippen LogP contribution in [-0.4, -0.2) is 23.1 Å². The van der Waals surface area contributed by atoms with Gasteiger partial charge in [-0.05, 0) is 13.0 Å². The number of hydrogen-bond acceptors (Lipinski definition) is 4. The summed E-state index contributed by atoms with van der Waals surface area (Å²) in [4.78, 5) is 17.4. The molecule has 0 radical (unpaired) electrons. The average molecular weight is 180 g/mol. The first-order chi connectivity index (χ1) is 6.27. The molecule has 70 valence electrons. The Morgan fingerprint density at radius 2 is 2.08 bits per heavy atom. The molecule has 1 aromatic rings. The van der Waals surface area contributed by atoms with Crippen molar-refractivity contribution < 1.29 is 0 Å². The Balaban J connectivity index is 2.53. The molecule has 4 N–H and O–H groups in total. The number of H-pyrrole nitrogens is 1. The molecule has 5 heteroatoms. The number of nitrogen functional groups attached to an aromatic ring is 1. The highest BCUT2D eigenvalue weighted by molar-refractivity contribution is 5.42. The molecule has 0 spiro atoms. The van der Waals surface area contributed by atoms with Crippen LogP contribution in [0.5, 0.6) is 0 Å². The zero-order valence-electron chi connectivity index (χ0n) is 7.26. The van der Waals surface area contributed by atoms with Gasteiger partial charge >= 0.3 is 5.69 Å². The van der Waals surface area contributed by atoms with Gasteiger partial charge in [-0.1, -0.05) is 0 Å². The van der Waals surface area contributed by atoms with Crippen molar-refractivity contribution in [3.63, 3.8) is 0 Å². The first-order valence-corrected chi connectivity index (χ1v) is 4.35. The number of fused-ring (bicyclic) bond motifs is 1. The number of anilines is 1. The van der Waals surface area contributed by atoms with Gasteiger partial charge in [0.25, 0.3) is 0 Å². The average Bonchev–Trinajstić information content (AvgIpc) is 2.28. The van der Waals surface area contributed by atoms with Gasteiger partial charge in [0.2, 0.25) is 0 Å². The second-order valence-corrected chi connectivity index (χ2v) is 3.13. The Morgan fingerprint density at radius 1 is 1.31 bits per heavy atom. The van der Waals surface area contributed by atoms with Gasteiger partial charge in [-0.15, -0.1) is 0 Å². The summed E-state index contributed by atoms with van der Waals surface area (Å²) in [6, 6.07) is 0. The molecular weight excluding hydrogens is 168 g/mol. The quantitative estimate of drug-likeness (QED) is 0.480. The molecule has 0 fully saturated rings. The monoisotopic (exact) mass is 180 g/mol. The molecule has 0 amide bonds. The summed E-state index contributed by atoms with van der Waals surface area (Å²) in [5, 5.41) is 3.24. The molecule has 1 aliphatic rings. The maximum absolute atomic E-state index is 11.0. The van der Waals surface area contributed by atoms with Gasteiger partial charge in [0, 0.05) is 24.2 Å². The zero-order chi connectivity index (χ0) is 9.26. The van der Waals surface area contributed by atoms with Crippen molar-refractivity contribution in [1.29, 1.82) is 0 Å². The Kier molecular flexibility index (Phi) is 2.02. The Bertz CT molecular complexity index is 371. The molecule has 0 aromatic carbocycles. The molecule has 13 heavy (non-hydrogen) atoms. The summed E-state index contributed by atoms with van der Waals surface area (Å²) in [5.41, 5.74) is 7.23. The van der Waals surface area contributed by atoms with E-state index in [-0.39, 0.29) is 5.69 Å². The van der Waals surface area contributed by atoms with E-state index in [1.165, 1.54) is 0 Å². The number of nitrogens with zero attached hydrogens (tertiary/aromatic N) is 1. The van der Waals surface area contributed by atoms with Crippen molar-refractivity contribution in [1.82, 2.24) is 15.3 Å². The van der Waals surface area contributed by atoms with Crippen LogP contribution in [0.4, 0.5) is 5.82 Å². The third-order valence-electron chi connectivity index (χ3n) is 2.26. The number of nitrogens with two attached hydrogens (primary N) is 1. The van der Waals surface area contributed by atoms with Gasteiger partial charge in [0.15, 0.2) is 0 Å². The number of aromatic nitrogens is 2. The summed E-state index contributed by atoms with van der Waals surface area (Å²) in [5.74, 6) is 0.377. The van der Waals surface area contributed by atoms with Crippen LogP contribution in [0, 0.1) is 0 Å². The molecule has 2 heterocycles. The van der Waals surface area contributed by atoms with Crippen LogP contribution >= 0.6 is 0 Å². The summed E-state index contributed by atoms with van der Waals surface area (Å²) in [6.07, 6.45) is 1.65. The van der Waals surface area contributed by atoms with Crippen LogP contribution in [0.2, 0.25) is 0 Å². The van der Waals surface area contributed by atoms with Gasteiger partial charge in [0.05, 0.1) is 0 Å². The van der Waals surface area contributed by atoms with Gasteiger partial charge < -0.3 is 16.0 Å². The Labute approximate surface area is 75.4 Å². The van der Waals surface area contributed by atoms with Crippen LogP contribution in [0.25, 0.3) is 0 Å². The lowest BCUT2D eigenvalue weighted by atomic mass is 10.1. The predicted octanol–water partition coefficient (Wildman–Crippen LogP) is -0.960. The van der Waals surface area contributed by atoms with E-state index < -0.39 is 0 Å². The van der Waals surface area contributed by atoms with E-state index in [0.29, 0.717) is 5.82 Å². The lowest BCUT2D eigenvalue weighted by Crippen LogP contribution is -2.18. The molecule has 5 nitrogen and oxygen atoms in total. The summed E-state index contributed by atoms with van der Waals surface area (Å²) < 4.78 is 0. The molecule has 0 aliphatic carbocycles. The van der Waals surface area contributed by atoms with Crippen molar-refractivity contribution in [3.05, 3.63) is 21.7 Å². The standard InChI is InChI=1S/C8H12N4O/c9-7-5-1-3-10-4-2-6(5)11-8(13)12-7/h10H,1-4H2,(H3,9,11,12,13). The van der Waals surface area contributed by atoms with Gasteiger partial charge in [-0.2, -0.15) is 4.98 Å². The SMILES string of the molecule is Nc1nc(=O)[nH]c2c1CCNCC2. The third-order valence-corrected chi connectivity index (χ3v) is 2.26. The Hall–Kier alpha value is -1.36. The maximum atomic E-state index is 11.0. The summed E-state index contributed by atoms with van der Waals surface area (Å²) >= 11 is 0. The van der Waals surface area contributed by atoms with Crippen LogP contribution < -0.4 is 16.7 Å². The second-order valence-electron chi connectivity index (χ2n) is 3.13. The second kappa shape index (κ2) is 3.18. The first-order valence-electron chi connectivity index (χ1n) is 4.35. The zero-order valence-corrected chi connectivity index (χ0v) is 7.26. The minimum atomic E-state index is -0.349. The summed E-state index contributed by atoms with van der Waals surface area (Å²) in [7, 11) is 0. The minimum absolute atomic E-state index is 0.349. The number of rotatable bonds is 0. The van der Waals surface area contributed by atoms with Gasteiger partial charge in [0.1, 0.15) is 5.82 Å². The number of hydrogen-bond donors (Lipinski definition) is 3. The van der Waals surface area contributed by atoms with Crippen molar-refractivity contribution >= 4 is 5.82 Å². The minimum Gasteiger partial charge on any atom is -0.383 e. The van der Waals surface area contributed by atoms with Crippen molar-refractivity contribution in [2.45, 2.75) is 12.8 Å². The van der Waals surface area contributed by atoms with Gasteiger partial charge in [-0.3, -0.25) is 0 Å². The normalized spacial score (nSPS) is 16.3. The smallest absolute Gasteiger partial charge is 0.347 e. The van der Waals surface area contributed by atoms with Gasteiger partial charge in [-0.25, -0.2) is 4.79 Å². The molecule has 0 saturated carbocycles. The largest absolute Gasteiger partial charge is 0.383 e. The van der Waals surface area contributed by atoms with E-state index in [4.69, 9.17) is 5.73 Å². The van der Waals surface area contributed by atoms with E-state index in [1.807, 2.05) is 0 Å². The van der Waals surface area contributed by atoms with Crippen LogP contribution in [0.3, 0.4) is 0 Å². The molecular formula is C8H12N4O. The van der Waals surface area contributed by atoms with E-state index in [0.717, 1.165) is 37.2 Å². The molecule has 1 aromatic heterocycles. The lowest BCUT2D eigenvalue weighted by molar-refractivity contribution is 0.708. The highest BCUT2D eigenvalue weighted by Gasteiger charge is 2.12. The van der Waals surface area contributed by atoms with Crippen molar-refractivity contribution in [2.75, 3.05) is 18.8 Å². The fourth-order valence-electron chi connectivity index (χ4n) is 1.61. The molecule has 2 rings (SSSR count). The fourth-order valence-corrected chi connectivity index (χ4v) is 1.61. The van der Waals surface area contributed by atoms with E-state index in [1.54, 1.807) is 0 Å². The van der Waals surface area contributed by atoms with Crippen LogP contribution in [0.15, 0.2) is 4.79 Å². The van der Waals surface area contributed by atoms with Crippen LogP contribution in [-0.2, 0) is 12.8 Å². The highest BCUT2D eigenvalue weighted by atomic mass is 16.1. The Morgan fingerprint density at radius 3 is 2.92 bits per heavy atom. The number of nitrogens with one attached hydrogen (secondary N) is 2. The third kappa shape index (κ3) is 1.55. The molecule has 0 unspecified atom stereocenters. The van der Waals surface area contributed by atoms with Crippen molar-refractivity contribution in [2.24, 2.45) is 0 Å². The maximum Gasteiger partial charge on any atom is 0.347 e. The van der Waals surface area contributed by atoms with E-state index >= 15 is 0 Å². The topological polar surface area (TPSA) is 83.8 Å². The van der Waals surface area contributed by atoms with Crippen molar-refractivity contribution in [3.8, 4) is 0 Å². The first kappa shape index (κ1) is 8.25. The lowest BCUT2D eigenvalue weighted by Gasteiger charge is -2.05. The predicted molar refractivity (Wildman–Crippen MR) is 49.5 cm³/mol. The molecule has 0 atom stereocenters.